The van der Waals surface area contributed by atoms with Crippen molar-refractivity contribution < 1.29 is 24.4 Å². The maximum absolute atomic E-state index is 13.2. The van der Waals surface area contributed by atoms with Crippen molar-refractivity contribution in [3.63, 3.8) is 0 Å². The van der Waals surface area contributed by atoms with Gasteiger partial charge in [-0.15, -0.1) is 0 Å². The van der Waals surface area contributed by atoms with E-state index in [1.165, 1.54) is 0 Å². The predicted octanol–water partition coefficient (Wildman–Crippen LogP) is 2.58. The van der Waals surface area contributed by atoms with E-state index in [-0.39, 0.29) is 12.8 Å². The first-order valence-corrected chi connectivity index (χ1v) is 10.5. The summed E-state index contributed by atoms with van der Waals surface area (Å²) in [5.41, 5.74) is 4.00. The Morgan fingerprint density at radius 1 is 0.688 bits per heavy atom. The molecule has 0 saturated carbocycles. The van der Waals surface area contributed by atoms with Crippen LogP contribution in [-0.4, -0.2) is 46.0 Å². The quantitative estimate of drug-likeness (QED) is 0.586. The fourth-order valence-corrected chi connectivity index (χ4v) is 4.65. The van der Waals surface area contributed by atoms with E-state index in [1.54, 1.807) is 52.0 Å². The number of hydrogen-bond donors (Lipinski definition) is 1. The lowest BCUT2D eigenvalue weighted by molar-refractivity contribution is -0.172. The number of para-hydroxylation sites is 2. The first-order chi connectivity index (χ1) is 15.1. The first kappa shape index (κ1) is 21.9. The van der Waals surface area contributed by atoms with Crippen LogP contribution in [0.25, 0.3) is 0 Å². The van der Waals surface area contributed by atoms with Crippen LogP contribution in [0.1, 0.15) is 35.1 Å². The highest BCUT2D eigenvalue weighted by Crippen LogP contribution is 2.34. The topological polar surface area (TPSA) is 98.2 Å². The minimum Gasteiger partial charge on any atom is -0.312 e. The van der Waals surface area contributed by atoms with Crippen molar-refractivity contribution in [3.05, 3.63) is 58.7 Å². The molecule has 8 nitrogen and oxygen atoms in total. The maximum Gasteiger partial charge on any atom is 0.254 e. The smallest absolute Gasteiger partial charge is 0.254 e. The number of hydroxylamine groups is 2. The summed E-state index contributed by atoms with van der Waals surface area (Å²) in [7, 11) is 0. The molecule has 0 bridgehead atoms. The number of imide groups is 2. The van der Waals surface area contributed by atoms with Crippen molar-refractivity contribution in [2.24, 2.45) is 0 Å². The van der Waals surface area contributed by atoms with Gasteiger partial charge in [0.15, 0.2) is 0 Å². The lowest BCUT2D eigenvalue weighted by Gasteiger charge is -2.26. The van der Waals surface area contributed by atoms with Crippen LogP contribution in [0.4, 0.5) is 11.4 Å². The Labute approximate surface area is 186 Å². The van der Waals surface area contributed by atoms with Gasteiger partial charge in [-0.05, 0) is 49.9 Å². The fraction of sp³-hybridized carbons (Fsp3) is 0.333. The molecule has 2 aromatic rings. The van der Waals surface area contributed by atoms with E-state index >= 15 is 0 Å². The Kier molecular flexibility index (Phi) is 5.44. The van der Waals surface area contributed by atoms with E-state index in [0.717, 1.165) is 32.1 Å². The fourth-order valence-electron chi connectivity index (χ4n) is 4.65. The standard InChI is InChI=1S/C24H25N3O5/c1-13-7-5-8-14(2)21(13)25-19(28)11-17(23(25)30)27(32)18-12-20(29)26(24(18)31)22-15(3)9-6-10-16(22)4/h5-10,17-18,32H,11-12H2,1-4H3/t17-,18+. The summed E-state index contributed by atoms with van der Waals surface area (Å²) in [4.78, 5) is 54.0. The van der Waals surface area contributed by atoms with Gasteiger partial charge in [-0.25, -0.2) is 9.80 Å². The Hall–Kier alpha value is -3.36. The molecule has 2 aromatic carbocycles. The molecule has 4 rings (SSSR count). The van der Waals surface area contributed by atoms with Gasteiger partial charge in [0.2, 0.25) is 11.8 Å². The largest absolute Gasteiger partial charge is 0.312 e. The number of carbonyl (C=O) groups is 4. The molecule has 0 aliphatic carbocycles. The molecule has 32 heavy (non-hydrogen) atoms. The molecule has 0 spiro atoms. The van der Waals surface area contributed by atoms with Crippen LogP contribution in [0, 0.1) is 27.7 Å². The van der Waals surface area contributed by atoms with Crippen LogP contribution in [0.3, 0.4) is 0 Å². The summed E-state index contributed by atoms with van der Waals surface area (Å²) in [6, 6.07) is 8.40. The van der Waals surface area contributed by atoms with Gasteiger partial charge < -0.3 is 5.21 Å². The van der Waals surface area contributed by atoms with E-state index in [4.69, 9.17) is 0 Å². The van der Waals surface area contributed by atoms with Gasteiger partial charge in [0.05, 0.1) is 24.2 Å². The van der Waals surface area contributed by atoms with Crippen molar-refractivity contribution in [2.75, 3.05) is 9.80 Å². The first-order valence-electron chi connectivity index (χ1n) is 10.5. The third-order valence-electron chi connectivity index (χ3n) is 6.21. The number of carbonyl (C=O) groups excluding carboxylic acids is 4. The van der Waals surface area contributed by atoms with E-state index in [1.807, 2.05) is 12.1 Å². The summed E-state index contributed by atoms with van der Waals surface area (Å²) in [5.74, 6) is -2.14. The number of amides is 4. The maximum atomic E-state index is 13.2. The number of rotatable bonds is 4. The van der Waals surface area contributed by atoms with Gasteiger partial charge in [0.1, 0.15) is 12.1 Å². The summed E-state index contributed by atoms with van der Waals surface area (Å²) in [6.07, 6.45) is -0.547. The van der Waals surface area contributed by atoms with Crippen LogP contribution in [0.15, 0.2) is 36.4 Å². The van der Waals surface area contributed by atoms with Gasteiger partial charge >= 0.3 is 0 Å². The van der Waals surface area contributed by atoms with Crippen LogP contribution >= 0.6 is 0 Å². The van der Waals surface area contributed by atoms with Crippen molar-refractivity contribution >= 4 is 35.0 Å². The summed E-state index contributed by atoms with van der Waals surface area (Å²) < 4.78 is 0. The molecule has 166 valence electrons. The minimum atomic E-state index is -1.24. The number of aryl methyl sites for hydroxylation is 4. The highest BCUT2D eigenvalue weighted by molar-refractivity contribution is 6.25. The number of hydrogen-bond acceptors (Lipinski definition) is 6. The van der Waals surface area contributed by atoms with Crippen LogP contribution in [-0.2, 0) is 19.2 Å². The molecule has 2 fully saturated rings. The zero-order valence-corrected chi connectivity index (χ0v) is 18.5. The normalized spacial score (nSPS) is 21.4. The predicted molar refractivity (Wildman–Crippen MR) is 117 cm³/mol. The Bertz CT molecular complexity index is 1030. The third kappa shape index (κ3) is 3.32. The van der Waals surface area contributed by atoms with E-state index in [2.05, 4.69) is 0 Å². The van der Waals surface area contributed by atoms with E-state index in [0.29, 0.717) is 16.4 Å². The number of nitrogens with zero attached hydrogens (tertiary/aromatic N) is 3. The van der Waals surface area contributed by atoms with Crippen molar-refractivity contribution in [3.8, 4) is 0 Å². The summed E-state index contributed by atoms with van der Waals surface area (Å²) >= 11 is 0. The highest BCUT2D eigenvalue weighted by Gasteiger charge is 2.51. The molecule has 0 aromatic heterocycles. The summed E-state index contributed by atoms with van der Waals surface area (Å²) in [5, 5.41) is 11.5. The van der Waals surface area contributed by atoms with E-state index < -0.39 is 35.7 Å². The van der Waals surface area contributed by atoms with Gasteiger partial charge in [0.25, 0.3) is 11.8 Å². The van der Waals surface area contributed by atoms with Crippen LogP contribution in [0.5, 0.6) is 0 Å². The molecular formula is C24H25N3O5. The Morgan fingerprint density at radius 3 is 1.31 bits per heavy atom. The molecule has 2 atom stereocenters. The molecular weight excluding hydrogens is 410 g/mol. The molecule has 2 aliphatic rings. The summed E-state index contributed by atoms with van der Waals surface area (Å²) in [6.45, 7) is 7.20. The number of benzene rings is 2. The third-order valence-corrected chi connectivity index (χ3v) is 6.21. The lowest BCUT2D eigenvalue weighted by atomic mass is 10.1. The van der Waals surface area contributed by atoms with Crippen LogP contribution in [0.2, 0.25) is 0 Å². The van der Waals surface area contributed by atoms with Crippen molar-refractivity contribution in [1.29, 1.82) is 0 Å². The molecule has 8 heteroatoms. The minimum absolute atomic E-state index is 0.273. The molecule has 0 unspecified atom stereocenters. The van der Waals surface area contributed by atoms with E-state index in [9.17, 15) is 24.4 Å². The average molecular weight is 435 g/mol. The second-order valence-corrected chi connectivity index (χ2v) is 8.44. The van der Waals surface area contributed by atoms with Crippen molar-refractivity contribution in [1.82, 2.24) is 5.06 Å². The lowest BCUT2D eigenvalue weighted by Crippen LogP contribution is -2.49. The molecule has 2 saturated heterocycles. The number of anilines is 2. The molecule has 4 amide bonds. The Morgan fingerprint density at radius 2 is 1.00 bits per heavy atom. The highest BCUT2D eigenvalue weighted by atomic mass is 16.5. The molecule has 2 aliphatic heterocycles. The zero-order valence-electron chi connectivity index (χ0n) is 18.5. The van der Waals surface area contributed by atoms with Gasteiger partial charge in [0, 0.05) is 0 Å². The second-order valence-electron chi connectivity index (χ2n) is 8.44. The Balaban J connectivity index is 1.62. The molecule has 1 N–H and O–H groups in total. The van der Waals surface area contributed by atoms with Gasteiger partial charge in [-0.2, -0.15) is 5.06 Å². The van der Waals surface area contributed by atoms with Gasteiger partial charge in [-0.3, -0.25) is 19.2 Å². The monoisotopic (exact) mass is 435 g/mol. The van der Waals surface area contributed by atoms with Gasteiger partial charge in [-0.1, -0.05) is 36.4 Å². The second kappa shape index (κ2) is 7.96. The zero-order chi connectivity index (χ0) is 23.3. The van der Waals surface area contributed by atoms with Crippen molar-refractivity contribution in [2.45, 2.75) is 52.6 Å². The van der Waals surface area contributed by atoms with Crippen LogP contribution < -0.4 is 9.80 Å². The molecule has 0 radical (unpaired) electrons. The SMILES string of the molecule is Cc1cccc(C)c1N1C(=O)C[C@@H](N(O)[C@H]2CC(=O)N(c3c(C)cccc3C)C2=O)C1=O. The average Bonchev–Trinajstić information content (AvgIpc) is 3.18. The molecule has 2 heterocycles.